The first-order chi connectivity index (χ1) is 16.0. The number of aromatic nitrogens is 5. The lowest BCUT2D eigenvalue weighted by molar-refractivity contribution is 0.0624. The number of nitrogens with zero attached hydrogens (tertiary/aromatic N) is 5. The maximum absolute atomic E-state index is 14.2. The number of hydrogen-bond donors (Lipinski definition) is 3. The molecule has 3 heterocycles. The Morgan fingerprint density at radius 1 is 1.15 bits per heavy atom. The minimum absolute atomic E-state index is 0.0243. The van der Waals surface area contributed by atoms with E-state index in [-0.39, 0.29) is 41.6 Å². The quantitative estimate of drug-likeness (QED) is 0.421. The molecule has 1 aliphatic rings. The molecular formula is C22H21FN8O2. The molecule has 0 saturated heterocycles. The van der Waals surface area contributed by atoms with E-state index in [1.165, 1.54) is 6.07 Å². The first-order valence-electron chi connectivity index (χ1n) is 10.5. The van der Waals surface area contributed by atoms with Crippen molar-refractivity contribution in [2.75, 3.05) is 16.8 Å². The van der Waals surface area contributed by atoms with Gasteiger partial charge in [-0.2, -0.15) is 5.10 Å². The largest absolute Gasteiger partial charge is 0.446 e. The van der Waals surface area contributed by atoms with Crippen molar-refractivity contribution < 1.29 is 13.9 Å². The van der Waals surface area contributed by atoms with E-state index in [1.54, 1.807) is 41.2 Å². The zero-order valence-electron chi connectivity index (χ0n) is 17.5. The summed E-state index contributed by atoms with van der Waals surface area (Å²) in [6, 6.07) is 10.0. The monoisotopic (exact) mass is 448 g/mol. The molecule has 1 aliphatic carbocycles. The van der Waals surface area contributed by atoms with E-state index in [0.717, 1.165) is 19.3 Å². The fourth-order valence-corrected chi connectivity index (χ4v) is 3.57. The van der Waals surface area contributed by atoms with E-state index in [2.05, 4.69) is 25.4 Å². The Labute approximate surface area is 187 Å². The summed E-state index contributed by atoms with van der Waals surface area (Å²) < 4.78 is 21.0. The molecule has 0 spiro atoms. The molecule has 1 amide bonds. The molecule has 1 saturated carbocycles. The van der Waals surface area contributed by atoms with Crippen LogP contribution in [-0.4, -0.2) is 36.9 Å². The van der Waals surface area contributed by atoms with E-state index in [9.17, 15) is 9.18 Å². The van der Waals surface area contributed by atoms with Crippen molar-refractivity contribution in [1.82, 2.24) is 24.7 Å². The van der Waals surface area contributed by atoms with Crippen LogP contribution in [0.25, 0.3) is 22.6 Å². The summed E-state index contributed by atoms with van der Waals surface area (Å²) >= 11 is 0. The predicted octanol–water partition coefficient (Wildman–Crippen LogP) is 3.34. The van der Waals surface area contributed by atoms with Crippen LogP contribution in [0.1, 0.15) is 24.8 Å². The predicted molar refractivity (Wildman–Crippen MR) is 121 cm³/mol. The van der Waals surface area contributed by atoms with Gasteiger partial charge in [-0.25, -0.2) is 28.8 Å². The van der Waals surface area contributed by atoms with Crippen LogP contribution in [0, 0.1) is 5.82 Å². The number of carbonyl (C=O) groups is 1. The molecule has 11 heteroatoms. The van der Waals surface area contributed by atoms with E-state index >= 15 is 0 Å². The first-order valence-corrected chi connectivity index (χ1v) is 10.5. The standard InChI is InChI=1S/C22H21FN8O2/c23-15-9-2-1-5-12(15)11-31-21-14(8-4-10-26-21)16(30-31)20-28-18(24)17(19(25)29-20)27-22(32)33-13-6-3-7-13/h1-2,4-5,8-10,13H,3,6-7,11H2,(H,27,32)(H4,24,25,28,29). The number of pyridine rings is 1. The third kappa shape index (κ3) is 4.00. The number of nitrogen functional groups attached to an aromatic ring is 2. The molecule has 3 aromatic heterocycles. The van der Waals surface area contributed by atoms with Crippen LogP contribution in [0.3, 0.4) is 0 Å². The van der Waals surface area contributed by atoms with Gasteiger partial charge in [0.2, 0.25) is 0 Å². The summed E-state index contributed by atoms with van der Waals surface area (Å²) in [7, 11) is 0. The molecule has 5 rings (SSSR count). The van der Waals surface area contributed by atoms with E-state index in [1.807, 2.05) is 0 Å². The van der Waals surface area contributed by atoms with Crippen LogP contribution in [0.5, 0.6) is 0 Å². The third-order valence-electron chi connectivity index (χ3n) is 5.51. The summed E-state index contributed by atoms with van der Waals surface area (Å²) in [5.41, 5.74) is 13.6. The lowest BCUT2D eigenvalue weighted by Crippen LogP contribution is -2.28. The van der Waals surface area contributed by atoms with Crippen molar-refractivity contribution in [1.29, 1.82) is 0 Å². The fourth-order valence-electron chi connectivity index (χ4n) is 3.57. The summed E-state index contributed by atoms with van der Waals surface area (Å²) in [6.07, 6.45) is 3.58. The zero-order chi connectivity index (χ0) is 22.9. The molecule has 0 aliphatic heterocycles. The number of hydrogen-bond acceptors (Lipinski definition) is 8. The van der Waals surface area contributed by atoms with Crippen molar-refractivity contribution in [2.45, 2.75) is 31.9 Å². The van der Waals surface area contributed by atoms with Gasteiger partial charge in [-0.1, -0.05) is 18.2 Å². The van der Waals surface area contributed by atoms with Crippen LogP contribution in [0.4, 0.5) is 26.5 Å². The van der Waals surface area contributed by atoms with E-state index in [4.69, 9.17) is 16.2 Å². The van der Waals surface area contributed by atoms with Gasteiger partial charge in [0.25, 0.3) is 0 Å². The molecule has 0 atom stereocenters. The van der Waals surface area contributed by atoms with Gasteiger partial charge in [-0.3, -0.25) is 5.32 Å². The molecule has 0 unspecified atom stereocenters. The summed E-state index contributed by atoms with van der Waals surface area (Å²) in [6.45, 7) is 0.164. The Balaban J connectivity index is 1.49. The fraction of sp³-hybridized carbons (Fsp3) is 0.227. The number of nitrogens with one attached hydrogen (secondary N) is 1. The summed E-state index contributed by atoms with van der Waals surface area (Å²) in [5, 5.41) is 7.74. The number of carbonyl (C=O) groups excluding carboxylic acids is 1. The van der Waals surface area contributed by atoms with Crippen LogP contribution in [0.15, 0.2) is 42.6 Å². The van der Waals surface area contributed by atoms with Crippen LogP contribution in [-0.2, 0) is 11.3 Å². The van der Waals surface area contributed by atoms with Gasteiger partial charge in [0.15, 0.2) is 23.1 Å². The second-order valence-electron chi connectivity index (χ2n) is 7.75. The van der Waals surface area contributed by atoms with E-state index in [0.29, 0.717) is 22.3 Å². The first kappa shape index (κ1) is 20.6. The minimum Gasteiger partial charge on any atom is -0.446 e. The SMILES string of the molecule is Nc1nc(-c2nn(Cc3ccccc3F)c3ncccc23)nc(N)c1NC(=O)OC1CCC1. The maximum Gasteiger partial charge on any atom is 0.412 e. The number of ether oxygens (including phenoxy) is 1. The normalized spacial score (nSPS) is 13.6. The molecule has 10 nitrogen and oxygen atoms in total. The van der Waals surface area contributed by atoms with Crippen molar-refractivity contribution in [3.8, 4) is 11.5 Å². The average molecular weight is 448 g/mol. The van der Waals surface area contributed by atoms with Gasteiger partial charge >= 0.3 is 6.09 Å². The number of fused-ring (bicyclic) bond motifs is 1. The summed E-state index contributed by atoms with van der Waals surface area (Å²) in [5.74, 6) is -0.228. The lowest BCUT2D eigenvalue weighted by Gasteiger charge is -2.25. The number of rotatable bonds is 5. The van der Waals surface area contributed by atoms with Crippen molar-refractivity contribution >= 4 is 34.4 Å². The molecule has 33 heavy (non-hydrogen) atoms. The second-order valence-corrected chi connectivity index (χ2v) is 7.75. The number of anilines is 3. The summed E-state index contributed by atoms with van der Waals surface area (Å²) in [4.78, 5) is 25.1. The molecule has 1 fully saturated rings. The van der Waals surface area contributed by atoms with Gasteiger partial charge < -0.3 is 16.2 Å². The van der Waals surface area contributed by atoms with Gasteiger partial charge in [-0.15, -0.1) is 0 Å². The smallest absolute Gasteiger partial charge is 0.412 e. The molecule has 4 aromatic rings. The molecule has 0 bridgehead atoms. The minimum atomic E-state index is -0.654. The highest BCUT2D eigenvalue weighted by atomic mass is 19.1. The number of amides is 1. The van der Waals surface area contributed by atoms with Gasteiger partial charge in [-0.05, 0) is 37.5 Å². The second kappa shape index (κ2) is 8.34. The third-order valence-corrected chi connectivity index (χ3v) is 5.51. The number of halogens is 1. The average Bonchev–Trinajstić information content (AvgIpc) is 3.13. The highest BCUT2D eigenvalue weighted by Gasteiger charge is 2.24. The van der Waals surface area contributed by atoms with Gasteiger partial charge in [0, 0.05) is 11.8 Å². The van der Waals surface area contributed by atoms with Crippen molar-refractivity contribution in [3.05, 3.63) is 54.0 Å². The van der Waals surface area contributed by atoms with Crippen molar-refractivity contribution in [2.24, 2.45) is 0 Å². The molecule has 5 N–H and O–H groups in total. The Kier molecular flexibility index (Phi) is 5.21. The van der Waals surface area contributed by atoms with E-state index < -0.39 is 6.09 Å². The molecule has 1 aromatic carbocycles. The number of nitrogens with two attached hydrogens (primary N) is 2. The Hall–Kier alpha value is -4.28. The highest BCUT2D eigenvalue weighted by molar-refractivity contribution is 5.94. The van der Waals surface area contributed by atoms with Crippen molar-refractivity contribution in [3.63, 3.8) is 0 Å². The molecule has 0 radical (unpaired) electrons. The topological polar surface area (TPSA) is 147 Å². The lowest BCUT2D eigenvalue weighted by atomic mass is 9.96. The Morgan fingerprint density at radius 3 is 2.61 bits per heavy atom. The Bertz CT molecular complexity index is 1330. The Morgan fingerprint density at radius 2 is 1.91 bits per heavy atom. The van der Waals surface area contributed by atoms with Crippen LogP contribution >= 0.6 is 0 Å². The van der Waals surface area contributed by atoms with Gasteiger partial charge in [0.05, 0.1) is 11.9 Å². The highest BCUT2D eigenvalue weighted by Crippen LogP contribution is 2.31. The van der Waals surface area contributed by atoms with Crippen LogP contribution < -0.4 is 16.8 Å². The van der Waals surface area contributed by atoms with Crippen LogP contribution in [0.2, 0.25) is 0 Å². The van der Waals surface area contributed by atoms with Gasteiger partial charge in [0.1, 0.15) is 23.3 Å². The maximum atomic E-state index is 14.2. The number of benzene rings is 1. The molecular weight excluding hydrogens is 427 g/mol. The zero-order valence-corrected chi connectivity index (χ0v) is 17.5. The molecule has 168 valence electrons.